The maximum absolute atomic E-state index is 11.6. The molecule has 1 amide bonds. The summed E-state index contributed by atoms with van der Waals surface area (Å²) in [5, 5.41) is 9.24. The number of nitrogens with one attached hydrogen (secondary N) is 1. The summed E-state index contributed by atoms with van der Waals surface area (Å²) < 4.78 is 22.6. The molecular formula is C13H15ClN2O3S2. The summed E-state index contributed by atoms with van der Waals surface area (Å²) in [7, 11) is -3.51. The van der Waals surface area contributed by atoms with E-state index in [0.717, 1.165) is 15.0 Å². The van der Waals surface area contributed by atoms with Crippen LogP contribution in [0.4, 0.5) is 0 Å². The monoisotopic (exact) mass is 346 g/mol. The van der Waals surface area contributed by atoms with Crippen molar-refractivity contribution in [1.29, 1.82) is 0 Å². The van der Waals surface area contributed by atoms with Gasteiger partial charge in [0.25, 0.3) is 0 Å². The Morgan fingerprint density at radius 1 is 1.33 bits per heavy atom. The molecule has 0 spiro atoms. The standard InChI is InChI=1S/C13H15ClN2O3S2/c14-13-9-4-1-2-5-10(9)20-11(13)8-16-12(17)6-3-7-21(15,18)19/h1-2,4-5H,3,6-8H2,(H,16,17)(H2,15,18,19). The lowest BCUT2D eigenvalue weighted by atomic mass is 10.2. The number of sulfonamides is 1. The number of primary sulfonamides is 1. The first-order chi connectivity index (χ1) is 9.87. The number of amides is 1. The lowest BCUT2D eigenvalue weighted by molar-refractivity contribution is -0.121. The summed E-state index contributed by atoms with van der Waals surface area (Å²) in [6.07, 6.45) is 0.337. The quantitative estimate of drug-likeness (QED) is 0.840. The molecule has 0 aliphatic rings. The van der Waals surface area contributed by atoms with Crippen LogP contribution in [0.15, 0.2) is 24.3 Å². The second-order valence-corrected chi connectivity index (χ2v) is 7.83. The Balaban J connectivity index is 1.90. The molecule has 8 heteroatoms. The Morgan fingerprint density at radius 2 is 2.05 bits per heavy atom. The Kier molecular flexibility index (Phi) is 5.21. The molecule has 2 rings (SSSR count). The molecule has 0 unspecified atom stereocenters. The minimum absolute atomic E-state index is 0.124. The molecule has 0 saturated heterocycles. The number of rotatable bonds is 6. The highest BCUT2D eigenvalue weighted by Gasteiger charge is 2.11. The van der Waals surface area contributed by atoms with Gasteiger partial charge in [-0.3, -0.25) is 4.79 Å². The average molecular weight is 347 g/mol. The van der Waals surface area contributed by atoms with Crippen molar-refractivity contribution in [1.82, 2.24) is 5.32 Å². The number of carbonyl (C=O) groups is 1. The third kappa shape index (κ3) is 4.67. The van der Waals surface area contributed by atoms with E-state index < -0.39 is 10.0 Å². The van der Waals surface area contributed by atoms with Crippen molar-refractivity contribution in [3.05, 3.63) is 34.2 Å². The second kappa shape index (κ2) is 6.74. The highest BCUT2D eigenvalue weighted by molar-refractivity contribution is 7.89. The first kappa shape index (κ1) is 16.2. The molecule has 3 N–H and O–H groups in total. The van der Waals surface area contributed by atoms with Crippen molar-refractivity contribution in [2.45, 2.75) is 19.4 Å². The molecule has 1 aromatic heterocycles. The maximum Gasteiger partial charge on any atom is 0.220 e. The predicted octanol–water partition coefficient (Wildman–Crippen LogP) is 2.24. The smallest absolute Gasteiger partial charge is 0.220 e. The minimum atomic E-state index is -3.51. The molecule has 1 aromatic carbocycles. The summed E-state index contributed by atoms with van der Waals surface area (Å²) in [4.78, 5) is 12.5. The fraction of sp³-hybridized carbons (Fsp3) is 0.308. The molecule has 21 heavy (non-hydrogen) atoms. The van der Waals surface area contributed by atoms with E-state index in [1.807, 2.05) is 24.3 Å². The number of carbonyl (C=O) groups excluding carboxylic acids is 1. The summed E-state index contributed by atoms with van der Waals surface area (Å²) in [5.74, 6) is -0.406. The zero-order valence-corrected chi connectivity index (χ0v) is 13.5. The molecule has 5 nitrogen and oxygen atoms in total. The van der Waals surface area contributed by atoms with Crippen LogP contribution in [-0.2, 0) is 21.4 Å². The van der Waals surface area contributed by atoms with Gasteiger partial charge in [0.2, 0.25) is 15.9 Å². The average Bonchev–Trinajstić information content (AvgIpc) is 2.72. The zero-order chi connectivity index (χ0) is 15.5. The molecule has 114 valence electrons. The fourth-order valence-electron chi connectivity index (χ4n) is 1.88. The molecule has 0 fully saturated rings. The van der Waals surface area contributed by atoms with Gasteiger partial charge in [0.1, 0.15) is 0 Å². The molecule has 1 heterocycles. The Labute approximate surface area is 132 Å². The van der Waals surface area contributed by atoms with Crippen molar-refractivity contribution in [3.63, 3.8) is 0 Å². The van der Waals surface area contributed by atoms with Gasteiger partial charge < -0.3 is 5.32 Å². The molecule has 0 aliphatic heterocycles. The van der Waals surface area contributed by atoms with Gasteiger partial charge in [-0.15, -0.1) is 11.3 Å². The van der Waals surface area contributed by atoms with E-state index in [9.17, 15) is 13.2 Å². The normalized spacial score (nSPS) is 11.7. The van der Waals surface area contributed by atoms with E-state index in [1.54, 1.807) is 0 Å². The SMILES string of the molecule is NS(=O)(=O)CCCC(=O)NCc1sc2ccccc2c1Cl. The summed E-state index contributed by atoms with van der Waals surface area (Å²) >= 11 is 7.80. The van der Waals surface area contributed by atoms with Crippen molar-refractivity contribution >= 4 is 49.0 Å². The van der Waals surface area contributed by atoms with Crippen LogP contribution in [0.1, 0.15) is 17.7 Å². The Bertz CT molecular complexity index is 756. The number of hydrogen-bond donors (Lipinski definition) is 2. The van der Waals surface area contributed by atoms with E-state index >= 15 is 0 Å². The summed E-state index contributed by atoms with van der Waals surface area (Å²) in [6, 6.07) is 7.76. The highest BCUT2D eigenvalue weighted by Crippen LogP contribution is 2.34. The topological polar surface area (TPSA) is 89.3 Å². The van der Waals surface area contributed by atoms with Crippen molar-refractivity contribution in [3.8, 4) is 0 Å². The van der Waals surface area contributed by atoms with Crippen LogP contribution < -0.4 is 10.5 Å². The number of fused-ring (bicyclic) bond motifs is 1. The van der Waals surface area contributed by atoms with Crippen LogP contribution in [0.2, 0.25) is 5.02 Å². The van der Waals surface area contributed by atoms with Crippen LogP contribution in [0, 0.1) is 0 Å². The third-order valence-electron chi connectivity index (χ3n) is 2.88. The van der Waals surface area contributed by atoms with Gasteiger partial charge in [-0.1, -0.05) is 29.8 Å². The Morgan fingerprint density at radius 3 is 2.71 bits per heavy atom. The zero-order valence-electron chi connectivity index (χ0n) is 11.1. The van der Waals surface area contributed by atoms with Crippen LogP contribution in [0.25, 0.3) is 10.1 Å². The van der Waals surface area contributed by atoms with Crippen LogP contribution in [0.5, 0.6) is 0 Å². The molecule has 0 atom stereocenters. The molecule has 0 saturated carbocycles. The lowest BCUT2D eigenvalue weighted by Crippen LogP contribution is -2.24. The number of hydrogen-bond acceptors (Lipinski definition) is 4. The van der Waals surface area contributed by atoms with Gasteiger partial charge in [0.05, 0.1) is 17.3 Å². The molecule has 0 aliphatic carbocycles. The van der Waals surface area contributed by atoms with Crippen molar-refractivity contribution < 1.29 is 13.2 Å². The second-order valence-electron chi connectivity index (χ2n) is 4.58. The molecule has 0 radical (unpaired) electrons. The van der Waals surface area contributed by atoms with Crippen LogP contribution >= 0.6 is 22.9 Å². The van der Waals surface area contributed by atoms with Crippen molar-refractivity contribution in [2.75, 3.05) is 5.75 Å². The summed E-state index contributed by atoms with van der Waals surface area (Å²) in [5.41, 5.74) is 0. The van der Waals surface area contributed by atoms with Gasteiger partial charge in [0.15, 0.2) is 0 Å². The van der Waals surface area contributed by atoms with E-state index in [2.05, 4.69) is 5.32 Å². The Hall–Kier alpha value is -1.15. The van der Waals surface area contributed by atoms with Gasteiger partial charge >= 0.3 is 0 Å². The molecule has 0 bridgehead atoms. The molecule has 2 aromatic rings. The largest absolute Gasteiger partial charge is 0.351 e. The van der Waals surface area contributed by atoms with Crippen LogP contribution in [0.3, 0.4) is 0 Å². The fourth-order valence-corrected chi connectivity index (χ4v) is 3.87. The number of thiophene rings is 1. The summed E-state index contributed by atoms with van der Waals surface area (Å²) in [6.45, 7) is 0.340. The van der Waals surface area contributed by atoms with E-state index in [-0.39, 0.29) is 24.5 Å². The van der Waals surface area contributed by atoms with Crippen LogP contribution in [-0.4, -0.2) is 20.1 Å². The van der Waals surface area contributed by atoms with E-state index in [1.165, 1.54) is 11.3 Å². The highest BCUT2D eigenvalue weighted by atomic mass is 35.5. The predicted molar refractivity (Wildman–Crippen MR) is 85.9 cm³/mol. The van der Waals surface area contributed by atoms with Gasteiger partial charge in [-0.2, -0.15) is 0 Å². The number of nitrogens with two attached hydrogens (primary N) is 1. The lowest BCUT2D eigenvalue weighted by Gasteiger charge is -2.03. The third-order valence-corrected chi connectivity index (χ3v) is 5.45. The van der Waals surface area contributed by atoms with Gasteiger partial charge in [-0.05, 0) is 12.5 Å². The number of halogens is 1. The van der Waals surface area contributed by atoms with Crippen molar-refractivity contribution in [2.24, 2.45) is 5.14 Å². The molecular weight excluding hydrogens is 332 g/mol. The minimum Gasteiger partial charge on any atom is -0.351 e. The number of benzene rings is 1. The van der Waals surface area contributed by atoms with E-state index in [0.29, 0.717) is 11.6 Å². The maximum atomic E-state index is 11.6. The van der Waals surface area contributed by atoms with Gasteiger partial charge in [0, 0.05) is 21.4 Å². The first-order valence-electron chi connectivity index (χ1n) is 6.30. The first-order valence-corrected chi connectivity index (χ1v) is 9.21. The van der Waals surface area contributed by atoms with E-state index in [4.69, 9.17) is 16.7 Å². The van der Waals surface area contributed by atoms with Gasteiger partial charge in [-0.25, -0.2) is 13.6 Å².